The van der Waals surface area contributed by atoms with Gasteiger partial charge in [-0.05, 0) is 39.6 Å². The van der Waals surface area contributed by atoms with E-state index >= 15 is 0 Å². The van der Waals surface area contributed by atoms with Crippen molar-refractivity contribution in [2.45, 2.75) is 19.4 Å². The predicted octanol–water partition coefficient (Wildman–Crippen LogP) is 1.48. The summed E-state index contributed by atoms with van der Waals surface area (Å²) >= 11 is 0. The second-order valence-corrected chi connectivity index (χ2v) is 5.18. The number of benzene rings is 1. The van der Waals surface area contributed by atoms with Crippen molar-refractivity contribution in [3.8, 4) is 5.75 Å². The molecule has 1 atom stereocenters. The van der Waals surface area contributed by atoms with Crippen molar-refractivity contribution in [1.29, 1.82) is 0 Å². The minimum Gasteiger partial charge on any atom is -0.507 e. The van der Waals surface area contributed by atoms with E-state index in [4.69, 9.17) is 0 Å². The van der Waals surface area contributed by atoms with Gasteiger partial charge in [-0.15, -0.1) is 0 Å². The maximum Gasteiger partial charge on any atom is 0.257 e. The number of likely N-dealkylation sites (tertiary alicyclic amines) is 1. The van der Waals surface area contributed by atoms with Gasteiger partial charge in [0.2, 0.25) is 0 Å². The third kappa shape index (κ3) is 2.48. The predicted molar refractivity (Wildman–Crippen MR) is 70.8 cm³/mol. The molecule has 4 heteroatoms. The fourth-order valence-corrected chi connectivity index (χ4v) is 2.34. The molecule has 1 saturated heterocycles. The van der Waals surface area contributed by atoms with Gasteiger partial charge in [0.1, 0.15) is 5.75 Å². The molecule has 1 amide bonds. The smallest absolute Gasteiger partial charge is 0.257 e. The maximum absolute atomic E-state index is 12.3. The Morgan fingerprint density at radius 2 is 2.17 bits per heavy atom. The van der Waals surface area contributed by atoms with Crippen LogP contribution in [0.2, 0.25) is 0 Å². The van der Waals surface area contributed by atoms with Gasteiger partial charge in [-0.1, -0.05) is 11.6 Å². The maximum atomic E-state index is 12.3. The molecule has 0 radical (unpaired) electrons. The highest BCUT2D eigenvalue weighted by Gasteiger charge is 2.29. The zero-order valence-electron chi connectivity index (χ0n) is 11.2. The van der Waals surface area contributed by atoms with E-state index in [1.807, 2.05) is 25.9 Å². The van der Waals surface area contributed by atoms with Gasteiger partial charge in [0.15, 0.2) is 0 Å². The van der Waals surface area contributed by atoms with Crippen LogP contribution < -0.4 is 0 Å². The first kappa shape index (κ1) is 12.9. The van der Waals surface area contributed by atoms with Crippen LogP contribution in [0.4, 0.5) is 0 Å². The number of phenols is 1. The lowest BCUT2D eigenvalue weighted by atomic mass is 10.1. The van der Waals surface area contributed by atoms with Gasteiger partial charge in [-0.3, -0.25) is 4.79 Å². The van der Waals surface area contributed by atoms with Crippen molar-refractivity contribution in [3.63, 3.8) is 0 Å². The normalized spacial score (nSPS) is 19.6. The Bertz CT molecular complexity index is 457. The molecule has 1 heterocycles. The zero-order chi connectivity index (χ0) is 13.3. The first-order chi connectivity index (χ1) is 8.49. The number of carbonyl (C=O) groups excluding carboxylic acids is 1. The van der Waals surface area contributed by atoms with Gasteiger partial charge >= 0.3 is 0 Å². The minimum atomic E-state index is -0.0689. The molecular weight excluding hydrogens is 228 g/mol. The molecule has 1 aliphatic rings. The Morgan fingerprint density at radius 1 is 1.44 bits per heavy atom. The molecule has 0 aromatic heterocycles. The highest BCUT2D eigenvalue weighted by molar-refractivity contribution is 5.97. The molecular formula is C14H20N2O2. The van der Waals surface area contributed by atoms with Crippen molar-refractivity contribution >= 4 is 5.91 Å². The summed E-state index contributed by atoms with van der Waals surface area (Å²) in [4.78, 5) is 16.3. The summed E-state index contributed by atoms with van der Waals surface area (Å²) in [5, 5.41) is 9.78. The van der Waals surface area contributed by atoms with Crippen LogP contribution in [0.25, 0.3) is 0 Å². The topological polar surface area (TPSA) is 43.8 Å². The van der Waals surface area contributed by atoms with E-state index in [1.54, 1.807) is 18.2 Å². The lowest BCUT2D eigenvalue weighted by Crippen LogP contribution is -2.34. The molecule has 0 saturated carbocycles. The third-order valence-electron chi connectivity index (χ3n) is 3.56. The number of hydrogen-bond acceptors (Lipinski definition) is 3. The second-order valence-electron chi connectivity index (χ2n) is 5.18. The molecule has 98 valence electrons. The summed E-state index contributed by atoms with van der Waals surface area (Å²) in [6, 6.07) is 5.56. The van der Waals surface area contributed by atoms with Crippen molar-refractivity contribution in [2.75, 3.05) is 27.2 Å². The van der Waals surface area contributed by atoms with Gasteiger partial charge in [-0.25, -0.2) is 0 Å². The largest absolute Gasteiger partial charge is 0.507 e. The fourth-order valence-electron chi connectivity index (χ4n) is 2.34. The Hall–Kier alpha value is -1.55. The number of phenolic OH excluding ortho intramolecular Hbond substituents is 1. The summed E-state index contributed by atoms with van der Waals surface area (Å²) in [7, 11) is 4.06. The molecule has 0 spiro atoms. The minimum absolute atomic E-state index is 0.0684. The number of carbonyl (C=O) groups is 1. The Labute approximate surface area is 108 Å². The van der Waals surface area contributed by atoms with Crippen molar-refractivity contribution in [3.05, 3.63) is 29.3 Å². The van der Waals surface area contributed by atoms with Crippen molar-refractivity contribution in [1.82, 2.24) is 9.80 Å². The Balaban J connectivity index is 2.15. The van der Waals surface area contributed by atoms with Crippen molar-refractivity contribution in [2.24, 2.45) is 0 Å². The molecule has 1 aromatic rings. The SMILES string of the molecule is Cc1ccc(O)c(C(=O)N2CCC(N(C)C)C2)c1. The van der Waals surface area contributed by atoms with Crippen LogP contribution in [0.15, 0.2) is 18.2 Å². The molecule has 1 aromatic carbocycles. The number of likely N-dealkylation sites (N-methyl/N-ethyl adjacent to an activating group) is 1. The average Bonchev–Trinajstić information content (AvgIpc) is 2.81. The molecule has 1 aliphatic heterocycles. The van der Waals surface area contributed by atoms with Crippen LogP contribution in [0.5, 0.6) is 5.75 Å². The zero-order valence-corrected chi connectivity index (χ0v) is 11.2. The molecule has 1 N–H and O–H groups in total. The summed E-state index contributed by atoms with van der Waals surface area (Å²) in [5.41, 5.74) is 1.40. The standard InChI is InChI=1S/C14H20N2O2/c1-10-4-5-13(17)12(8-10)14(18)16-7-6-11(9-16)15(2)3/h4-5,8,11,17H,6-7,9H2,1-3H3. The first-order valence-electron chi connectivity index (χ1n) is 6.24. The second kappa shape index (κ2) is 4.98. The molecule has 1 fully saturated rings. The van der Waals surface area contributed by atoms with Gasteiger partial charge in [0.25, 0.3) is 5.91 Å². The number of hydrogen-bond donors (Lipinski definition) is 1. The summed E-state index contributed by atoms with van der Waals surface area (Å²) in [6.45, 7) is 3.41. The fraction of sp³-hybridized carbons (Fsp3) is 0.500. The number of nitrogens with zero attached hydrogens (tertiary/aromatic N) is 2. The number of aromatic hydroxyl groups is 1. The molecule has 4 nitrogen and oxygen atoms in total. The van der Waals surface area contributed by atoms with Crippen LogP contribution in [0.3, 0.4) is 0 Å². The number of rotatable bonds is 2. The first-order valence-corrected chi connectivity index (χ1v) is 6.24. The molecule has 18 heavy (non-hydrogen) atoms. The van der Waals surface area contributed by atoms with E-state index in [2.05, 4.69) is 4.90 Å². The van der Waals surface area contributed by atoms with Gasteiger partial charge in [0, 0.05) is 19.1 Å². The van der Waals surface area contributed by atoms with E-state index in [1.165, 1.54) is 0 Å². The lowest BCUT2D eigenvalue weighted by Gasteiger charge is -2.20. The average molecular weight is 248 g/mol. The third-order valence-corrected chi connectivity index (χ3v) is 3.56. The summed E-state index contributed by atoms with van der Waals surface area (Å²) in [5.74, 6) is -0.000506. The Morgan fingerprint density at radius 3 is 2.78 bits per heavy atom. The van der Waals surface area contributed by atoms with E-state index in [0.29, 0.717) is 11.6 Å². The van der Waals surface area contributed by atoms with Crippen molar-refractivity contribution < 1.29 is 9.90 Å². The van der Waals surface area contributed by atoms with E-state index in [-0.39, 0.29) is 11.7 Å². The number of amides is 1. The highest BCUT2D eigenvalue weighted by Crippen LogP contribution is 2.23. The van der Waals surface area contributed by atoms with Gasteiger partial charge in [0.05, 0.1) is 5.56 Å². The van der Waals surface area contributed by atoms with Crippen LogP contribution in [0.1, 0.15) is 22.3 Å². The van der Waals surface area contributed by atoms with Crippen LogP contribution >= 0.6 is 0 Å². The van der Waals surface area contributed by atoms with E-state index in [9.17, 15) is 9.90 Å². The quantitative estimate of drug-likeness (QED) is 0.862. The molecule has 2 rings (SSSR count). The number of aryl methyl sites for hydroxylation is 1. The van der Waals surface area contributed by atoms with Gasteiger partial charge in [-0.2, -0.15) is 0 Å². The van der Waals surface area contributed by atoms with Crippen LogP contribution in [-0.2, 0) is 0 Å². The Kier molecular flexibility index (Phi) is 3.57. The van der Waals surface area contributed by atoms with Gasteiger partial charge < -0.3 is 14.9 Å². The molecule has 0 aliphatic carbocycles. The monoisotopic (exact) mass is 248 g/mol. The van der Waals surface area contributed by atoms with E-state index in [0.717, 1.165) is 25.1 Å². The van der Waals surface area contributed by atoms with E-state index < -0.39 is 0 Å². The van der Waals surface area contributed by atoms with Crippen LogP contribution in [-0.4, -0.2) is 54.0 Å². The lowest BCUT2D eigenvalue weighted by molar-refractivity contribution is 0.0780. The summed E-state index contributed by atoms with van der Waals surface area (Å²) in [6.07, 6.45) is 0.991. The van der Waals surface area contributed by atoms with Crippen LogP contribution in [0, 0.1) is 6.92 Å². The molecule has 0 bridgehead atoms. The summed E-state index contributed by atoms with van der Waals surface area (Å²) < 4.78 is 0. The highest BCUT2D eigenvalue weighted by atomic mass is 16.3. The molecule has 1 unspecified atom stereocenters.